The second-order valence-corrected chi connectivity index (χ2v) is 7.53. The number of nitrogens with zero attached hydrogens (tertiary/aromatic N) is 5. The second-order valence-electron chi connectivity index (χ2n) is 7.53. The zero-order chi connectivity index (χ0) is 20.4. The highest BCUT2D eigenvalue weighted by Crippen LogP contribution is 2.22. The van der Waals surface area contributed by atoms with Crippen molar-refractivity contribution in [2.45, 2.75) is 13.0 Å². The summed E-state index contributed by atoms with van der Waals surface area (Å²) in [4.78, 5) is 41.1. The van der Waals surface area contributed by atoms with Gasteiger partial charge in [0.25, 0.3) is 5.91 Å². The number of aromatic nitrogens is 3. The standard InChI is InChI=1S/C20H23N5O4/c1-13-17(6-22-19(23-13)15-3-2-4-21-5-15)20(28)25-8-14-7-24(10-18(26)27)16(9-25)12-29-11-14/h2-6,14,16H,7-12H2,1H3,(H,26,27)/t14-,16+/m1/s1. The third kappa shape index (κ3) is 4.25. The molecule has 0 radical (unpaired) electrons. The first kappa shape index (κ1) is 19.4. The summed E-state index contributed by atoms with van der Waals surface area (Å²) in [6.45, 7) is 4.24. The molecule has 2 aromatic rings. The number of fused-ring (bicyclic) bond motifs is 3. The maximum atomic E-state index is 13.2. The van der Waals surface area contributed by atoms with Crippen molar-refractivity contribution in [2.75, 3.05) is 39.4 Å². The fraction of sp³-hybridized carbons (Fsp3) is 0.450. The number of carbonyl (C=O) groups is 2. The molecule has 1 N–H and O–H groups in total. The van der Waals surface area contributed by atoms with Gasteiger partial charge in [0.1, 0.15) is 0 Å². The lowest BCUT2D eigenvalue weighted by molar-refractivity contribution is -0.139. The van der Waals surface area contributed by atoms with Crippen LogP contribution in [0.2, 0.25) is 0 Å². The summed E-state index contributed by atoms with van der Waals surface area (Å²) in [6.07, 6.45) is 4.93. The van der Waals surface area contributed by atoms with E-state index in [0.29, 0.717) is 49.9 Å². The van der Waals surface area contributed by atoms with Crippen molar-refractivity contribution in [3.63, 3.8) is 0 Å². The Morgan fingerprint density at radius 3 is 2.83 bits per heavy atom. The average molecular weight is 397 g/mol. The number of carboxylic acids is 1. The van der Waals surface area contributed by atoms with E-state index in [4.69, 9.17) is 4.74 Å². The largest absolute Gasteiger partial charge is 0.480 e. The van der Waals surface area contributed by atoms with Gasteiger partial charge in [0.2, 0.25) is 0 Å². The van der Waals surface area contributed by atoms with E-state index >= 15 is 0 Å². The molecule has 0 spiro atoms. The fourth-order valence-electron chi connectivity index (χ4n) is 3.94. The first-order chi connectivity index (χ1) is 14.0. The summed E-state index contributed by atoms with van der Waals surface area (Å²) in [7, 11) is 0. The van der Waals surface area contributed by atoms with E-state index < -0.39 is 5.97 Å². The molecule has 0 unspecified atom stereocenters. The minimum absolute atomic E-state index is 0.0471. The zero-order valence-electron chi connectivity index (χ0n) is 16.2. The number of hydrogen-bond acceptors (Lipinski definition) is 7. The maximum absolute atomic E-state index is 13.2. The van der Waals surface area contributed by atoms with Crippen molar-refractivity contribution in [3.05, 3.63) is 42.0 Å². The van der Waals surface area contributed by atoms with Gasteiger partial charge in [-0.1, -0.05) is 0 Å². The zero-order valence-corrected chi connectivity index (χ0v) is 16.2. The lowest BCUT2D eigenvalue weighted by atomic mass is 10.1. The number of pyridine rings is 1. The minimum atomic E-state index is -0.870. The Bertz CT molecular complexity index is 907. The van der Waals surface area contributed by atoms with Gasteiger partial charge in [0, 0.05) is 49.7 Å². The molecule has 2 saturated heterocycles. The van der Waals surface area contributed by atoms with Crippen molar-refractivity contribution < 1.29 is 19.4 Å². The summed E-state index contributed by atoms with van der Waals surface area (Å²) in [5.41, 5.74) is 1.86. The Kier molecular flexibility index (Phi) is 5.50. The molecule has 2 fully saturated rings. The van der Waals surface area contributed by atoms with Crippen LogP contribution in [0.3, 0.4) is 0 Å². The number of aryl methyl sites for hydroxylation is 1. The number of ether oxygens (including phenoxy) is 1. The van der Waals surface area contributed by atoms with Crippen LogP contribution in [0, 0.1) is 12.8 Å². The quantitative estimate of drug-likeness (QED) is 0.803. The summed E-state index contributed by atoms with van der Waals surface area (Å²) in [5, 5.41) is 9.20. The average Bonchev–Trinajstić information content (AvgIpc) is 2.97. The molecule has 0 saturated carbocycles. The predicted molar refractivity (Wildman–Crippen MR) is 103 cm³/mol. The molecule has 2 aliphatic rings. The van der Waals surface area contributed by atoms with E-state index in [9.17, 15) is 14.7 Å². The van der Waals surface area contributed by atoms with Crippen molar-refractivity contribution in [1.82, 2.24) is 24.8 Å². The molecule has 1 amide bonds. The molecular formula is C20H23N5O4. The second kappa shape index (κ2) is 8.22. The summed E-state index contributed by atoms with van der Waals surface area (Å²) >= 11 is 0. The third-order valence-corrected chi connectivity index (χ3v) is 5.34. The number of carboxylic acid groups (broad SMARTS) is 1. The van der Waals surface area contributed by atoms with Crippen LogP contribution >= 0.6 is 0 Å². The lowest BCUT2D eigenvalue weighted by Gasteiger charge is -2.30. The van der Waals surface area contributed by atoms with Crippen LogP contribution in [-0.2, 0) is 9.53 Å². The molecule has 2 aliphatic heterocycles. The Morgan fingerprint density at radius 2 is 2.10 bits per heavy atom. The smallest absolute Gasteiger partial charge is 0.317 e. The van der Waals surface area contributed by atoms with Gasteiger partial charge < -0.3 is 14.7 Å². The van der Waals surface area contributed by atoms with Crippen molar-refractivity contribution >= 4 is 11.9 Å². The molecule has 2 aromatic heterocycles. The number of hydrogen-bond donors (Lipinski definition) is 1. The van der Waals surface area contributed by atoms with Gasteiger partial charge in [0.05, 0.1) is 37.1 Å². The van der Waals surface area contributed by atoms with Gasteiger partial charge in [-0.25, -0.2) is 9.97 Å². The lowest BCUT2D eigenvalue weighted by Crippen LogP contribution is -2.47. The van der Waals surface area contributed by atoms with Gasteiger partial charge >= 0.3 is 5.97 Å². The van der Waals surface area contributed by atoms with Crippen LogP contribution in [0.4, 0.5) is 0 Å². The molecule has 152 valence electrons. The molecule has 0 aliphatic carbocycles. The monoisotopic (exact) mass is 397 g/mol. The van der Waals surface area contributed by atoms with Crippen molar-refractivity contribution in [2.24, 2.45) is 5.92 Å². The highest BCUT2D eigenvalue weighted by atomic mass is 16.5. The van der Waals surface area contributed by atoms with Crippen LogP contribution in [-0.4, -0.2) is 87.2 Å². The summed E-state index contributed by atoms with van der Waals surface area (Å²) in [6, 6.07) is 3.54. The number of amides is 1. The summed E-state index contributed by atoms with van der Waals surface area (Å²) in [5.74, 6) is -0.400. The first-order valence-corrected chi connectivity index (χ1v) is 9.58. The summed E-state index contributed by atoms with van der Waals surface area (Å²) < 4.78 is 5.69. The van der Waals surface area contributed by atoms with E-state index in [1.54, 1.807) is 30.4 Å². The van der Waals surface area contributed by atoms with Gasteiger partial charge in [-0.3, -0.25) is 19.5 Å². The van der Waals surface area contributed by atoms with Crippen LogP contribution in [0.5, 0.6) is 0 Å². The Balaban J connectivity index is 1.56. The van der Waals surface area contributed by atoms with E-state index in [-0.39, 0.29) is 24.4 Å². The molecule has 4 heterocycles. The first-order valence-electron chi connectivity index (χ1n) is 9.58. The van der Waals surface area contributed by atoms with Gasteiger partial charge in [-0.05, 0) is 19.1 Å². The topological polar surface area (TPSA) is 109 Å². The van der Waals surface area contributed by atoms with E-state index in [1.807, 2.05) is 17.0 Å². The van der Waals surface area contributed by atoms with E-state index in [2.05, 4.69) is 15.0 Å². The normalized spacial score (nSPS) is 22.2. The van der Waals surface area contributed by atoms with E-state index in [1.165, 1.54) is 0 Å². The third-order valence-electron chi connectivity index (χ3n) is 5.34. The maximum Gasteiger partial charge on any atom is 0.317 e. The molecule has 0 aromatic carbocycles. The molecular weight excluding hydrogens is 374 g/mol. The molecule has 29 heavy (non-hydrogen) atoms. The fourth-order valence-corrected chi connectivity index (χ4v) is 3.94. The van der Waals surface area contributed by atoms with E-state index in [0.717, 1.165) is 5.56 Å². The SMILES string of the molecule is Cc1nc(-c2cccnc2)ncc1C(=O)N1C[C@@H]2COC[C@H](C1)N(CC(=O)O)C2. The van der Waals surface area contributed by atoms with Crippen molar-refractivity contribution in [1.29, 1.82) is 0 Å². The van der Waals surface area contributed by atoms with Crippen LogP contribution in [0.25, 0.3) is 11.4 Å². The minimum Gasteiger partial charge on any atom is -0.480 e. The van der Waals surface area contributed by atoms with Gasteiger partial charge in [-0.15, -0.1) is 0 Å². The van der Waals surface area contributed by atoms with Crippen molar-refractivity contribution in [3.8, 4) is 11.4 Å². The van der Waals surface area contributed by atoms with Crippen LogP contribution in [0.1, 0.15) is 16.1 Å². The van der Waals surface area contributed by atoms with Gasteiger partial charge in [0.15, 0.2) is 5.82 Å². The predicted octanol–water partition coefficient (Wildman–Crippen LogP) is 0.704. The number of aliphatic carboxylic acids is 1. The molecule has 2 bridgehead atoms. The van der Waals surface area contributed by atoms with Gasteiger partial charge in [-0.2, -0.15) is 0 Å². The molecule has 9 nitrogen and oxygen atoms in total. The number of rotatable bonds is 4. The number of carbonyl (C=O) groups excluding carboxylic acids is 1. The van der Waals surface area contributed by atoms with Crippen LogP contribution < -0.4 is 0 Å². The Hall–Kier alpha value is -2.91. The molecule has 2 atom stereocenters. The van der Waals surface area contributed by atoms with Crippen LogP contribution in [0.15, 0.2) is 30.7 Å². The highest BCUT2D eigenvalue weighted by Gasteiger charge is 2.36. The molecule has 4 rings (SSSR count). The highest BCUT2D eigenvalue weighted by molar-refractivity contribution is 5.95. The Morgan fingerprint density at radius 1 is 1.24 bits per heavy atom. The Labute approximate surface area is 168 Å². The molecule has 9 heteroatoms.